The van der Waals surface area contributed by atoms with Crippen molar-refractivity contribution in [1.29, 1.82) is 0 Å². The summed E-state index contributed by atoms with van der Waals surface area (Å²) < 4.78 is 0. The van der Waals surface area contributed by atoms with E-state index >= 15 is 0 Å². The Kier molecular flexibility index (Phi) is 5.89. The molecule has 9 heteroatoms. The molecule has 2 amide bonds. The van der Waals surface area contributed by atoms with Gasteiger partial charge in [0.1, 0.15) is 11.9 Å². The minimum atomic E-state index is -1.01. The van der Waals surface area contributed by atoms with E-state index in [2.05, 4.69) is 51.9 Å². The van der Waals surface area contributed by atoms with E-state index in [1.165, 1.54) is 6.92 Å². The number of amides is 2. The molecule has 0 aliphatic carbocycles. The second-order valence-corrected chi connectivity index (χ2v) is 10.2. The van der Waals surface area contributed by atoms with E-state index < -0.39 is 11.6 Å². The fourth-order valence-electron chi connectivity index (χ4n) is 5.42. The van der Waals surface area contributed by atoms with Gasteiger partial charge in [-0.05, 0) is 36.0 Å². The van der Waals surface area contributed by atoms with E-state index in [9.17, 15) is 14.7 Å². The van der Waals surface area contributed by atoms with Crippen molar-refractivity contribution in [3.8, 4) is 22.3 Å². The van der Waals surface area contributed by atoms with Crippen LogP contribution in [0.15, 0.2) is 65.9 Å². The van der Waals surface area contributed by atoms with Crippen molar-refractivity contribution in [1.82, 2.24) is 25.3 Å². The quantitative estimate of drug-likeness (QED) is 0.481. The number of carbonyl (C=O) groups excluding carboxylic acids is 2. The summed E-state index contributed by atoms with van der Waals surface area (Å²) in [6.07, 6.45) is 3.47. The van der Waals surface area contributed by atoms with Crippen molar-refractivity contribution in [2.24, 2.45) is 10.9 Å². The molecule has 4 heterocycles. The molecule has 3 N–H and O–H groups in total. The number of aliphatic hydroxyl groups is 1. The lowest BCUT2D eigenvalue weighted by Gasteiger charge is -2.35. The number of aromatic amines is 1. The van der Waals surface area contributed by atoms with Gasteiger partial charge in [0.05, 0.1) is 6.20 Å². The van der Waals surface area contributed by atoms with Gasteiger partial charge >= 0.3 is 0 Å². The van der Waals surface area contributed by atoms with Crippen LogP contribution in [0, 0.1) is 5.92 Å². The number of benzene rings is 2. The first-order valence-corrected chi connectivity index (χ1v) is 12.7. The van der Waals surface area contributed by atoms with Crippen LogP contribution >= 0.6 is 0 Å². The fraction of sp³-hybridized carbons (Fsp3) is 0.357. The van der Waals surface area contributed by atoms with Gasteiger partial charge in [-0.1, -0.05) is 48.5 Å². The van der Waals surface area contributed by atoms with E-state index in [-0.39, 0.29) is 17.7 Å². The van der Waals surface area contributed by atoms with E-state index in [0.29, 0.717) is 38.6 Å². The zero-order valence-electron chi connectivity index (χ0n) is 20.7. The largest absolute Gasteiger partial charge is 0.384 e. The summed E-state index contributed by atoms with van der Waals surface area (Å²) >= 11 is 0. The Balaban J connectivity index is 1.21. The van der Waals surface area contributed by atoms with Crippen molar-refractivity contribution in [2.45, 2.75) is 25.0 Å². The Bertz CT molecular complexity index is 1330. The number of amidine groups is 1. The molecular formula is C28H30N6O3. The Labute approximate surface area is 215 Å². The van der Waals surface area contributed by atoms with Crippen LogP contribution in [0.5, 0.6) is 0 Å². The summed E-state index contributed by atoms with van der Waals surface area (Å²) in [4.78, 5) is 34.1. The van der Waals surface area contributed by atoms with Gasteiger partial charge in [-0.25, -0.2) is 4.99 Å². The summed E-state index contributed by atoms with van der Waals surface area (Å²) in [7, 11) is 0. The Morgan fingerprint density at radius 3 is 2.22 bits per heavy atom. The smallest absolute Gasteiger partial charge is 0.258 e. The Morgan fingerprint density at radius 2 is 1.68 bits per heavy atom. The molecule has 3 aliphatic rings. The lowest BCUT2D eigenvalue weighted by molar-refractivity contribution is -0.138. The standard InChI is InChI=1S/C28H30N6O3/c1-18(35)26(36)33-11-10-19(14-33)15-34-25(32-28(27(34)37)16-29-17-28)23-8-6-21(7-9-23)20-2-4-22(5-3-20)24-12-30-31-13-24/h2-9,12-13,18-19,29,35H,10-11,14-17H2,1H3,(H,30,31)/t18?,19-/m1/s1. The Morgan fingerprint density at radius 1 is 1.05 bits per heavy atom. The van der Waals surface area contributed by atoms with Crippen molar-refractivity contribution in [2.75, 3.05) is 32.7 Å². The molecule has 3 aromatic rings. The average molecular weight is 499 g/mol. The second-order valence-electron chi connectivity index (χ2n) is 10.2. The molecule has 0 saturated carbocycles. The normalized spacial score (nSPS) is 21.3. The zero-order chi connectivity index (χ0) is 25.6. The molecule has 1 aromatic heterocycles. The van der Waals surface area contributed by atoms with Gasteiger partial charge < -0.3 is 15.3 Å². The van der Waals surface area contributed by atoms with Gasteiger partial charge in [-0.3, -0.25) is 19.6 Å². The minimum Gasteiger partial charge on any atom is -0.384 e. The zero-order valence-corrected chi connectivity index (χ0v) is 20.7. The molecule has 6 rings (SSSR count). The van der Waals surface area contributed by atoms with Crippen molar-refractivity contribution < 1.29 is 14.7 Å². The van der Waals surface area contributed by atoms with Crippen molar-refractivity contribution in [3.05, 3.63) is 66.5 Å². The SMILES string of the molecule is CC(O)C(=O)N1CC[C@@H](CN2C(=O)C3(CNC3)N=C2c2ccc(-c3ccc(-c4cn[nH]c4)cc3)cc2)C1. The Hall–Kier alpha value is -3.82. The van der Waals surface area contributed by atoms with Crippen LogP contribution in [0.1, 0.15) is 18.9 Å². The summed E-state index contributed by atoms with van der Waals surface area (Å²) in [6.45, 7) is 4.24. The summed E-state index contributed by atoms with van der Waals surface area (Å²) in [6, 6.07) is 16.5. The maximum atomic E-state index is 13.5. The summed E-state index contributed by atoms with van der Waals surface area (Å²) in [5, 5.41) is 19.7. The van der Waals surface area contributed by atoms with Crippen LogP contribution in [0.3, 0.4) is 0 Å². The number of nitrogens with zero attached hydrogens (tertiary/aromatic N) is 4. The van der Waals surface area contributed by atoms with Crippen molar-refractivity contribution >= 4 is 17.6 Å². The van der Waals surface area contributed by atoms with Crippen LogP contribution in [0.25, 0.3) is 22.3 Å². The molecular weight excluding hydrogens is 468 g/mol. The first kappa shape index (κ1) is 23.6. The maximum Gasteiger partial charge on any atom is 0.258 e. The van der Waals surface area contributed by atoms with Gasteiger partial charge in [0, 0.05) is 50.0 Å². The number of H-pyrrole nitrogens is 1. The number of nitrogens with one attached hydrogen (secondary N) is 2. The highest BCUT2D eigenvalue weighted by atomic mass is 16.3. The van der Waals surface area contributed by atoms with Gasteiger partial charge in [0.15, 0.2) is 5.54 Å². The first-order valence-electron chi connectivity index (χ1n) is 12.7. The topological polar surface area (TPSA) is 114 Å². The molecule has 2 saturated heterocycles. The molecule has 9 nitrogen and oxygen atoms in total. The molecule has 2 aromatic carbocycles. The molecule has 1 spiro atoms. The van der Waals surface area contributed by atoms with Gasteiger partial charge in [-0.2, -0.15) is 5.10 Å². The van der Waals surface area contributed by atoms with E-state index in [4.69, 9.17) is 4.99 Å². The molecule has 2 fully saturated rings. The van der Waals surface area contributed by atoms with Crippen LogP contribution in [0.2, 0.25) is 0 Å². The van der Waals surface area contributed by atoms with Crippen molar-refractivity contribution in [3.63, 3.8) is 0 Å². The van der Waals surface area contributed by atoms with E-state index in [1.54, 1.807) is 11.1 Å². The number of aliphatic imine (C=N–C) groups is 1. The van der Waals surface area contributed by atoms with Crippen LogP contribution in [0.4, 0.5) is 0 Å². The highest BCUT2D eigenvalue weighted by molar-refractivity contribution is 6.16. The third-order valence-electron chi connectivity index (χ3n) is 7.64. The predicted molar refractivity (Wildman–Crippen MR) is 140 cm³/mol. The lowest BCUT2D eigenvalue weighted by Crippen LogP contribution is -2.63. The number of hydrogen-bond donors (Lipinski definition) is 3. The second kappa shape index (κ2) is 9.24. The van der Waals surface area contributed by atoms with Gasteiger partial charge in [0.25, 0.3) is 11.8 Å². The maximum absolute atomic E-state index is 13.5. The molecule has 0 radical (unpaired) electrons. The number of rotatable bonds is 6. The third-order valence-corrected chi connectivity index (χ3v) is 7.64. The molecule has 2 atom stereocenters. The number of likely N-dealkylation sites (tertiary alicyclic amines) is 1. The fourth-order valence-corrected chi connectivity index (χ4v) is 5.42. The predicted octanol–water partition coefficient (Wildman–Crippen LogP) is 1.90. The molecule has 190 valence electrons. The minimum absolute atomic E-state index is 0.0282. The molecule has 3 aliphatic heterocycles. The monoisotopic (exact) mass is 498 g/mol. The summed E-state index contributed by atoms with van der Waals surface area (Å²) in [5.41, 5.74) is 4.53. The first-order chi connectivity index (χ1) is 17.9. The summed E-state index contributed by atoms with van der Waals surface area (Å²) in [5.74, 6) is 0.624. The van der Waals surface area contributed by atoms with E-state index in [1.807, 2.05) is 23.2 Å². The van der Waals surface area contributed by atoms with Crippen LogP contribution < -0.4 is 5.32 Å². The van der Waals surface area contributed by atoms with Crippen LogP contribution in [-0.4, -0.2) is 87.1 Å². The lowest BCUT2D eigenvalue weighted by atomic mass is 9.92. The molecule has 0 bridgehead atoms. The van der Waals surface area contributed by atoms with Crippen LogP contribution in [-0.2, 0) is 9.59 Å². The number of aromatic nitrogens is 2. The van der Waals surface area contributed by atoms with E-state index in [0.717, 1.165) is 34.2 Å². The van der Waals surface area contributed by atoms with Gasteiger partial charge in [-0.15, -0.1) is 0 Å². The average Bonchev–Trinajstić information content (AvgIpc) is 3.64. The highest BCUT2D eigenvalue weighted by Gasteiger charge is 2.53. The molecule has 37 heavy (non-hydrogen) atoms. The third kappa shape index (κ3) is 4.24. The highest BCUT2D eigenvalue weighted by Crippen LogP contribution is 2.32. The number of hydrogen-bond acceptors (Lipinski definition) is 6. The van der Waals surface area contributed by atoms with Gasteiger partial charge in [0.2, 0.25) is 0 Å². The number of aliphatic hydroxyl groups excluding tert-OH is 1. The number of carbonyl (C=O) groups is 2. The molecule has 1 unspecified atom stereocenters.